The van der Waals surface area contributed by atoms with Crippen LogP contribution >= 0.6 is 11.3 Å². The fourth-order valence-electron chi connectivity index (χ4n) is 2.08. The van der Waals surface area contributed by atoms with Crippen LogP contribution in [-0.4, -0.2) is 10.1 Å². The molecule has 0 saturated carbocycles. The smallest absolute Gasteiger partial charge is 0.165 e. The summed E-state index contributed by atoms with van der Waals surface area (Å²) in [4.78, 5) is 5.72. The van der Waals surface area contributed by atoms with Gasteiger partial charge in [0.05, 0.1) is 18.1 Å². The number of hydrogen-bond donors (Lipinski definition) is 1. The molecule has 2 aromatic heterocycles. The predicted molar refractivity (Wildman–Crippen MR) is 62.5 cm³/mol. The summed E-state index contributed by atoms with van der Waals surface area (Å²) in [5.41, 5.74) is 1.96. The van der Waals surface area contributed by atoms with Crippen molar-refractivity contribution >= 4 is 11.3 Å². The van der Waals surface area contributed by atoms with Crippen LogP contribution in [0, 0.1) is 6.92 Å². The summed E-state index contributed by atoms with van der Waals surface area (Å²) in [6.45, 7) is 2.01. The molecule has 0 bridgehead atoms. The van der Waals surface area contributed by atoms with Crippen LogP contribution in [0.1, 0.15) is 35.1 Å². The fourth-order valence-corrected chi connectivity index (χ4v) is 3.30. The molecule has 0 radical (unpaired) electrons. The first-order valence-corrected chi connectivity index (χ1v) is 6.29. The van der Waals surface area contributed by atoms with Gasteiger partial charge in [0, 0.05) is 4.88 Å². The van der Waals surface area contributed by atoms with E-state index in [1.807, 2.05) is 13.0 Å². The van der Waals surface area contributed by atoms with Crippen molar-refractivity contribution in [2.45, 2.75) is 32.3 Å². The van der Waals surface area contributed by atoms with E-state index in [0.29, 0.717) is 0 Å². The van der Waals surface area contributed by atoms with Gasteiger partial charge >= 0.3 is 0 Å². The highest BCUT2D eigenvalue weighted by Crippen LogP contribution is 2.37. The summed E-state index contributed by atoms with van der Waals surface area (Å²) >= 11 is 1.65. The second kappa shape index (κ2) is 3.71. The highest BCUT2D eigenvalue weighted by atomic mass is 32.1. The third-order valence-electron chi connectivity index (χ3n) is 2.98. The molecule has 84 valence electrons. The number of aliphatic hydroxyl groups is 1. The first-order valence-electron chi connectivity index (χ1n) is 5.48. The number of nitrogens with zero attached hydrogens (tertiary/aromatic N) is 1. The van der Waals surface area contributed by atoms with Crippen LogP contribution in [0.5, 0.6) is 0 Å². The Hall–Kier alpha value is -1.13. The van der Waals surface area contributed by atoms with Crippen molar-refractivity contribution < 1.29 is 9.52 Å². The van der Waals surface area contributed by atoms with E-state index in [0.717, 1.165) is 41.3 Å². The van der Waals surface area contributed by atoms with Gasteiger partial charge in [0.15, 0.2) is 10.8 Å². The second-order valence-electron chi connectivity index (χ2n) is 4.17. The minimum atomic E-state index is -0.385. The number of thiazole rings is 1. The Morgan fingerprint density at radius 1 is 1.56 bits per heavy atom. The summed E-state index contributed by atoms with van der Waals surface area (Å²) < 4.78 is 5.43. The summed E-state index contributed by atoms with van der Waals surface area (Å²) in [5.74, 6) is 0.839. The Kier molecular flexibility index (Phi) is 2.33. The Morgan fingerprint density at radius 2 is 2.44 bits per heavy atom. The summed E-state index contributed by atoms with van der Waals surface area (Å²) in [7, 11) is 0. The van der Waals surface area contributed by atoms with Gasteiger partial charge in [-0.3, -0.25) is 0 Å². The monoisotopic (exact) mass is 235 g/mol. The Morgan fingerprint density at radius 3 is 3.12 bits per heavy atom. The fraction of sp³-hybridized carbons (Fsp3) is 0.417. The molecule has 1 atom stereocenters. The van der Waals surface area contributed by atoms with E-state index in [2.05, 4.69) is 4.98 Å². The predicted octanol–water partition coefficient (Wildman–Crippen LogP) is 3.08. The van der Waals surface area contributed by atoms with E-state index in [1.54, 1.807) is 17.6 Å². The van der Waals surface area contributed by atoms with Crippen molar-refractivity contribution in [3.05, 3.63) is 28.5 Å². The normalized spacial score (nSPS) is 19.8. The number of aromatic nitrogens is 1. The molecule has 1 unspecified atom stereocenters. The minimum Gasteiger partial charge on any atom is -0.462 e. The molecule has 2 aromatic rings. The quantitative estimate of drug-likeness (QED) is 0.826. The second-order valence-corrected chi connectivity index (χ2v) is 5.25. The molecule has 1 aliphatic rings. The van der Waals surface area contributed by atoms with Gasteiger partial charge in [-0.05, 0) is 37.8 Å². The zero-order valence-electron chi connectivity index (χ0n) is 9.06. The lowest BCUT2D eigenvalue weighted by molar-refractivity contribution is 0.153. The largest absolute Gasteiger partial charge is 0.462 e. The van der Waals surface area contributed by atoms with E-state index >= 15 is 0 Å². The third kappa shape index (κ3) is 1.49. The van der Waals surface area contributed by atoms with Gasteiger partial charge in [0.2, 0.25) is 0 Å². The van der Waals surface area contributed by atoms with Gasteiger partial charge in [-0.1, -0.05) is 0 Å². The molecule has 16 heavy (non-hydrogen) atoms. The van der Waals surface area contributed by atoms with E-state index in [4.69, 9.17) is 4.42 Å². The Labute approximate surface area is 97.8 Å². The molecular weight excluding hydrogens is 222 g/mol. The highest BCUT2D eigenvalue weighted by molar-refractivity contribution is 7.15. The molecule has 3 rings (SSSR count). The maximum absolute atomic E-state index is 9.86. The van der Waals surface area contributed by atoms with E-state index in [-0.39, 0.29) is 6.10 Å². The van der Waals surface area contributed by atoms with E-state index < -0.39 is 0 Å². The van der Waals surface area contributed by atoms with Gasteiger partial charge in [0.1, 0.15) is 0 Å². The van der Waals surface area contributed by atoms with Crippen LogP contribution in [0.4, 0.5) is 0 Å². The maximum atomic E-state index is 9.86. The van der Waals surface area contributed by atoms with E-state index in [1.165, 1.54) is 4.88 Å². The molecule has 0 spiro atoms. The van der Waals surface area contributed by atoms with Gasteiger partial charge in [-0.2, -0.15) is 0 Å². The van der Waals surface area contributed by atoms with Crippen LogP contribution in [0.15, 0.2) is 16.7 Å². The number of aryl methyl sites for hydroxylation is 2. The van der Waals surface area contributed by atoms with Gasteiger partial charge in [-0.15, -0.1) is 11.3 Å². The molecule has 0 aromatic carbocycles. The lowest BCUT2D eigenvalue weighted by atomic mass is 10.0. The van der Waals surface area contributed by atoms with Crippen LogP contribution in [0.2, 0.25) is 0 Å². The average molecular weight is 235 g/mol. The van der Waals surface area contributed by atoms with Crippen LogP contribution in [0.25, 0.3) is 10.8 Å². The van der Waals surface area contributed by atoms with Crippen molar-refractivity contribution in [1.29, 1.82) is 0 Å². The topological polar surface area (TPSA) is 46.3 Å². The Bertz CT molecular complexity index is 515. The first kappa shape index (κ1) is 10.1. The molecule has 2 heterocycles. The molecule has 3 nitrogen and oxygen atoms in total. The number of rotatable bonds is 1. The zero-order valence-corrected chi connectivity index (χ0v) is 9.88. The van der Waals surface area contributed by atoms with Crippen LogP contribution in [-0.2, 0) is 6.42 Å². The molecular formula is C12H13NO2S. The summed E-state index contributed by atoms with van der Waals surface area (Å²) in [6, 6.07) is 1.94. The Balaban J connectivity index is 2.08. The summed E-state index contributed by atoms with van der Waals surface area (Å²) in [5, 5.41) is 10.8. The van der Waals surface area contributed by atoms with Crippen LogP contribution in [0.3, 0.4) is 0 Å². The molecule has 0 aliphatic heterocycles. The lowest BCUT2D eigenvalue weighted by Gasteiger charge is -2.14. The van der Waals surface area contributed by atoms with Gasteiger partial charge in [0.25, 0.3) is 0 Å². The lowest BCUT2D eigenvalue weighted by Crippen LogP contribution is -2.07. The standard InChI is InChI=1S/C12H13NO2S/c1-7-5-6-15-11(7)12-13-10-8(14)3-2-4-9(10)16-12/h5-6,8,14H,2-4H2,1H3. The molecule has 0 amide bonds. The van der Waals surface area contributed by atoms with Gasteiger partial charge in [-0.25, -0.2) is 4.98 Å². The van der Waals surface area contributed by atoms with E-state index in [9.17, 15) is 5.11 Å². The molecule has 1 N–H and O–H groups in total. The van der Waals surface area contributed by atoms with Crippen molar-refractivity contribution in [1.82, 2.24) is 4.98 Å². The third-order valence-corrected chi connectivity index (χ3v) is 4.11. The average Bonchev–Trinajstić information content (AvgIpc) is 2.84. The molecule has 0 saturated heterocycles. The van der Waals surface area contributed by atoms with Crippen molar-refractivity contribution in [3.63, 3.8) is 0 Å². The maximum Gasteiger partial charge on any atom is 0.165 e. The van der Waals surface area contributed by atoms with Crippen molar-refractivity contribution in [2.24, 2.45) is 0 Å². The highest BCUT2D eigenvalue weighted by Gasteiger charge is 2.24. The number of aliphatic hydroxyl groups excluding tert-OH is 1. The van der Waals surface area contributed by atoms with Crippen molar-refractivity contribution in [2.75, 3.05) is 0 Å². The SMILES string of the molecule is Cc1ccoc1-c1nc2c(s1)CCCC2O. The first-order chi connectivity index (χ1) is 7.75. The zero-order chi connectivity index (χ0) is 11.1. The minimum absolute atomic E-state index is 0.385. The number of hydrogen-bond acceptors (Lipinski definition) is 4. The molecule has 4 heteroatoms. The molecule has 1 aliphatic carbocycles. The van der Waals surface area contributed by atoms with Gasteiger partial charge < -0.3 is 9.52 Å². The van der Waals surface area contributed by atoms with Crippen molar-refractivity contribution in [3.8, 4) is 10.8 Å². The van der Waals surface area contributed by atoms with Crippen LogP contribution < -0.4 is 0 Å². The number of fused-ring (bicyclic) bond motifs is 1. The number of furan rings is 1. The summed E-state index contributed by atoms with van der Waals surface area (Å²) in [6.07, 6.45) is 4.20. The molecule has 0 fully saturated rings.